The Morgan fingerprint density at radius 3 is 2.27 bits per heavy atom. The number of allylic oxidation sites excluding steroid dienone is 4. The predicted molar refractivity (Wildman–Crippen MR) is 203 cm³/mol. The van der Waals surface area contributed by atoms with Crippen molar-refractivity contribution in [3.8, 4) is 11.5 Å². The molecule has 52 heavy (non-hydrogen) atoms. The highest BCUT2D eigenvalue weighted by molar-refractivity contribution is 14.1. The van der Waals surface area contributed by atoms with E-state index in [0.717, 1.165) is 10.5 Å². The highest BCUT2D eigenvalue weighted by Gasteiger charge is 2.66. The fourth-order valence-corrected chi connectivity index (χ4v) is 9.87. The van der Waals surface area contributed by atoms with Crippen molar-refractivity contribution in [3.63, 3.8) is 0 Å². The van der Waals surface area contributed by atoms with Crippen LogP contribution >= 0.6 is 22.6 Å². The maximum atomic E-state index is 15.2. The molecule has 2 amide bonds. The maximum Gasteiger partial charge on any atom is 0.488 e. The molecule has 9 nitrogen and oxygen atoms in total. The van der Waals surface area contributed by atoms with E-state index in [1.54, 1.807) is 36.4 Å². The number of aromatic hydroxyl groups is 1. The Labute approximate surface area is 313 Å². The zero-order chi connectivity index (χ0) is 36.5. The summed E-state index contributed by atoms with van der Waals surface area (Å²) in [5.41, 5.74) is 1.94. The van der Waals surface area contributed by atoms with Gasteiger partial charge in [-0.05, 0) is 93.8 Å². The maximum absolute atomic E-state index is 15.2. The Hall–Kier alpha value is -4.85. The molecule has 0 spiro atoms. The number of methoxy groups -OCH3 is 1. The molecule has 0 bridgehead atoms. The molecule has 1 saturated heterocycles. The highest BCUT2D eigenvalue weighted by atomic mass is 127. The quantitative estimate of drug-likeness (QED) is 0.110. The van der Waals surface area contributed by atoms with Crippen LogP contribution < -0.4 is 15.1 Å². The lowest BCUT2D eigenvalue weighted by Crippen LogP contribution is -2.58. The first-order chi connectivity index (χ1) is 25.1. The zero-order valence-electron chi connectivity index (χ0n) is 28.0. The monoisotopic (exact) mass is 805 g/mol. The van der Waals surface area contributed by atoms with Crippen molar-refractivity contribution in [3.05, 3.63) is 135 Å². The second-order valence-corrected chi connectivity index (χ2v) is 15.0. The van der Waals surface area contributed by atoms with Gasteiger partial charge in [-0.15, -0.1) is 0 Å². The summed E-state index contributed by atoms with van der Waals surface area (Å²) in [5, 5.41) is 30.6. The summed E-state index contributed by atoms with van der Waals surface area (Å²) in [5.74, 6) is -4.99. The molecule has 11 heteroatoms. The summed E-state index contributed by atoms with van der Waals surface area (Å²) in [6.07, 6.45) is 3.81. The summed E-state index contributed by atoms with van der Waals surface area (Å²) in [6, 6.07) is 27.9. The standard InChI is InChI=1S/C41H33BINO8/c1-52-33-18-23(17-32(43)38(33)47)36-27-15-16-28-35(40(49)44(39(28)48)26-14-8-13-25(19-26)42(50)51)30(27)20-31-37(46)29(22-9-4-2-5-10-22)21-34(45)41(31,36)24-11-6-3-7-12-24/h2-15,17-19,21,28,30-31,35-36,47,50-51H,16,20H2,1H3/t28-,30+,31-,35-,36-,41-/m0/s1. The molecule has 4 aromatic carbocycles. The van der Waals surface area contributed by atoms with Gasteiger partial charge in [0.15, 0.2) is 23.1 Å². The Bertz CT molecular complexity index is 2220. The van der Waals surface area contributed by atoms with E-state index in [9.17, 15) is 24.7 Å². The van der Waals surface area contributed by atoms with E-state index in [1.807, 2.05) is 77.2 Å². The Balaban J connectivity index is 1.36. The van der Waals surface area contributed by atoms with Crippen molar-refractivity contribution >= 4 is 69.8 Å². The molecule has 4 aromatic rings. The molecule has 3 aliphatic carbocycles. The molecule has 0 aromatic heterocycles. The molecule has 6 atom stereocenters. The van der Waals surface area contributed by atoms with Crippen molar-refractivity contribution in [2.75, 3.05) is 12.0 Å². The summed E-state index contributed by atoms with van der Waals surface area (Å²) >= 11 is 2.02. The van der Waals surface area contributed by atoms with Gasteiger partial charge in [0, 0.05) is 17.4 Å². The number of rotatable bonds is 6. The van der Waals surface area contributed by atoms with Crippen molar-refractivity contribution in [1.29, 1.82) is 0 Å². The van der Waals surface area contributed by atoms with Crippen molar-refractivity contribution in [2.45, 2.75) is 24.2 Å². The minimum atomic E-state index is -1.79. The van der Waals surface area contributed by atoms with Crippen LogP contribution in [0.1, 0.15) is 35.4 Å². The number of nitrogens with zero attached hydrogens (tertiary/aromatic N) is 1. The van der Waals surface area contributed by atoms with E-state index in [4.69, 9.17) is 4.74 Å². The number of hydrogen-bond acceptors (Lipinski definition) is 8. The van der Waals surface area contributed by atoms with Gasteiger partial charge in [-0.3, -0.25) is 24.1 Å². The largest absolute Gasteiger partial charge is 0.504 e. The predicted octanol–water partition coefficient (Wildman–Crippen LogP) is 4.71. The number of ether oxygens (including phenoxy) is 1. The van der Waals surface area contributed by atoms with Crippen LogP contribution in [0.4, 0.5) is 5.69 Å². The third-order valence-electron chi connectivity index (χ3n) is 11.4. The van der Waals surface area contributed by atoms with Gasteiger partial charge >= 0.3 is 7.12 Å². The number of benzene rings is 4. The van der Waals surface area contributed by atoms with E-state index in [-0.39, 0.29) is 47.1 Å². The molecule has 0 unspecified atom stereocenters. The Kier molecular flexibility index (Phi) is 8.55. The molecule has 8 rings (SSSR count). The van der Waals surface area contributed by atoms with E-state index in [2.05, 4.69) is 0 Å². The lowest BCUT2D eigenvalue weighted by atomic mass is 9.44. The summed E-state index contributed by atoms with van der Waals surface area (Å²) in [4.78, 5) is 60.1. The van der Waals surface area contributed by atoms with Crippen LogP contribution in [-0.2, 0) is 24.6 Å². The van der Waals surface area contributed by atoms with Gasteiger partial charge in [0.25, 0.3) is 0 Å². The normalized spacial score (nSPS) is 26.6. The first-order valence-electron chi connectivity index (χ1n) is 17.1. The van der Waals surface area contributed by atoms with Crippen LogP contribution in [0.5, 0.6) is 11.5 Å². The number of fused-ring (bicyclic) bond motifs is 4. The number of amides is 2. The molecular weight excluding hydrogens is 772 g/mol. The van der Waals surface area contributed by atoms with Crippen LogP contribution in [0.15, 0.2) is 115 Å². The van der Waals surface area contributed by atoms with Crippen molar-refractivity contribution in [2.24, 2.45) is 23.7 Å². The molecule has 260 valence electrons. The SMILES string of the molecule is COc1cc([C@H]2C3=CC[C@@H]4C(=O)N(c5cccc(B(O)O)c5)C(=O)[C@@H]4[C@@H]3C[C@H]3C(=O)C(c4ccccc4)=CC(=O)[C@@]23c2ccccc2)cc(I)c1O. The molecular formula is C41H33BINO8. The lowest BCUT2D eigenvalue weighted by Gasteiger charge is -2.55. The van der Waals surface area contributed by atoms with Crippen LogP contribution in [0.25, 0.3) is 5.57 Å². The van der Waals surface area contributed by atoms with E-state index >= 15 is 9.59 Å². The van der Waals surface area contributed by atoms with E-state index in [1.165, 1.54) is 25.3 Å². The zero-order valence-corrected chi connectivity index (χ0v) is 30.1. The minimum absolute atomic E-state index is 0.0537. The third kappa shape index (κ3) is 5.04. The van der Waals surface area contributed by atoms with Gasteiger partial charge in [-0.25, -0.2) is 0 Å². The molecule has 4 aliphatic rings. The number of anilines is 1. The van der Waals surface area contributed by atoms with Gasteiger partial charge in [-0.1, -0.05) is 84.4 Å². The van der Waals surface area contributed by atoms with Gasteiger partial charge in [-0.2, -0.15) is 0 Å². The number of carbonyl (C=O) groups is 4. The topological polar surface area (TPSA) is 141 Å². The molecule has 2 fully saturated rings. The fraction of sp³-hybridized carbons (Fsp3) is 0.220. The number of Topliss-reactive ketones (excluding diaryl/α,β-unsaturated/α-hetero) is 1. The Morgan fingerprint density at radius 2 is 1.58 bits per heavy atom. The number of imide groups is 1. The second-order valence-electron chi connectivity index (χ2n) is 13.8. The van der Waals surface area contributed by atoms with Gasteiger partial charge in [0.2, 0.25) is 11.8 Å². The van der Waals surface area contributed by atoms with E-state index in [0.29, 0.717) is 25.8 Å². The van der Waals surface area contributed by atoms with Gasteiger partial charge in [0.05, 0.1) is 33.6 Å². The summed E-state index contributed by atoms with van der Waals surface area (Å²) in [7, 11) is -0.342. The first-order valence-corrected chi connectivity index (χ1v) is 18.2. The smallest absolute Gasteiger partial charge is 0.488 e. The summed E-state index contributed by atoms with van der Waals surface area (Å²) in [6.45, 7) is 0. The number of hydrogen-bond donors (Lipinski definition) is 3. The fourth-order valence-electron chi connectivity index (χ4n) is 9.24. The van der Waals surface area contributed by atoms with Gasteiger partial charge < -0.3 is 19.9 Å². The Morgan fingerprint density at radius 1 is 0.865 bits per heavy atom. The van der Waals surface area contributed by atoms with Crippen LogP contribution in [0.2, 0.25) is 0 Å². The van der Waals surface area contributed by atoms with E-state index < -0.39 is 53.9 Å². The third-order valence-corrected chi connectivity index (χ3v) is 12.2. The number of halogens is 1. The number of phenolic OH excluding ortho intramolecular Hbond substituents is 1. The highest BCUT2D eigenvalue weighted by Crippen LogP contribution is 2.64. The van der Waals surface area contributed by atoms with Crippen molar-refractivity contribution < 1.29 is 39.1 Å². The minimum Gasteiger partial charge on any atom is -0.504 e. The van der Waals surface area contributed by atoms with Crippen molar-refractivity contribution in [1.82, 2.24) is 0 Å². The summed E-state index contributed by atoms with van der Waals surface area (Å²) < 4.78 is 6.09. The first kappa shape index (κ1) is 34.3. The second kappa shape index (κ2) is 13.0. The van der Waals surface area contributed by atoms with Crippen LogP contribution in [-0.4, -0.2) is 52.8 Å². The number of carbonyl (C=O) groups excluding carboxylic acids is 4. The molecule has 1 heterocycles. The average molecular weight is 805 g/mol. The number of ketones is 2. The van der Waals surface area contributed by atoms with Crippen LogP contribution in [0.3, 0.4) is 0 Å². The molecule has 3 N–H and O–H groups in total. The lowest BCUT2D eigenvalue weighted by molar-refractivity contribution is -0.135. The molecule has 1 aliphatic heterocycles. The van der Waals surface area contributed by atoms with Crippen LogP contribution in [0, 0.1) is 27.2 Å². The average Bonchev–Trinajstić information content (AvgIpc) is 3.42. The molecule has 0 radical (unpaired) electrons. The van der Waals surface area contributed by atoms with Gasteiger partial charge in [0.1, 0.15) is 0 Å². The number of phenols is 1. The molecule has 1 saturated carbocycles.